The van der Waals surface area contributed by atoms with Crippen molar-refractivity contribution in [2.45, 2.75) is 51.1 Å². The van der Waals surface area contributed by atoms with Crippen molar-refractivity contribution in [3.8, 4) is 0 Å². The van der Waals surface area contributed by atoms with Crippen molar-refractivity contribution in [2.75, 3.05) is 4.90 Å². The maximum atomic E-state index is 13.7. The summed E-state index contributed by atoms with van der Waals surface area (Å²) < 4.78 is 45.8. The molecule has 1 heterocycles. The van der Waals surface area contributed by atoms with Gasteiger partial charge in [-0.15, -0.1) is 0 Å². The largest absolute Gasteiger partial charge is 0.443 e. The number of alkyl halides is 3. The first-order chi connectivity index (χ1) is 16.0. The molecule has 3 rings (SSSR count). The van der Waals surface area contributed by atoms with Crippen molar-refractivity contribution < 1.29 is 32.6 Å². The summed E-state index contributed by atoms with van der Waals surface area (Å²) >= 11 is 17.0. The summed E-state index contributed by atoms with van der Waals surface area (Å²) in [5.74, 6) is -0.939. The number of benzene rings is 2. The van der Waals surface area contributed by atoms with E-state index in [0.29, 0.717) is 11.1 Å². The lowest BCUT2D eigenvalue weighted by atomic mass is 9.88. The normalized spacial score (nSPS) is 19.8. The van der Waals surface area contributed by atoms with Gasteiger partial charge in [0.15, 0.2) is 10.7 Å². The molecule has 2 aromatic carbocycles. The number of nitrogens with zero attached hydrogens (tertiary/aromatic N) is 2. The van der Waals surface area contributed by atoms with Crippen LogP contribution in [0.2, 0.25) is 10.0 Å². The molecule has 0 aliphatic carbocycles. The molecule has 2 aromatic rings. The summed E-state index contributed by atoms with van der Waals surface area (Å²) in [4.78, 5) is 28.4. The van der Waals surface area contributed by atoms with Gasteiger partial charge < -0.3 is 9.84 Å². The average molecular weight is 549 g/mol. The number of halogens is 5. The molecule has 0 bridgehead atoms. The summed E-state index contributed by atoms with van der Waals surface area (Å²) in [6, 6.07) is 8.65. The summed E-state index contributed by atoms with van der Waals surface area (Å²) in [6.07, 6.45) is -7.51. The van der Waals surface area contributed by atoms with Crippen LogP contribution in [-0.4, -0.2) is 38.3 Å². The van der Waals surface area contributed by atoms with Gasteiger partial charge in [-0.1, -0.05) is 35.3 Å². The molecular weight excluding hydrogens is 528 g/mol. The van der Waals surface area contributed by atoms with E-state index < -0.39 is 51.1 Å². The van der Waals surface area contributed by atoms with Gasteiger partial charge in [-0.05, 0) is 75.8 Å². The van der Waals surface area contributed by atoms with Gasteiger partial charge in [0, 0.05) is 5.02 Å². The first kappa shape index (κ1) is 27.2. The highest BCUT2D eigenvalue weighted by Crippen LogP contribution is 2.44. The average Bonchev–Trinajstić information content (AvgIpc) is 2.93. The monoisotopic (exact) mass is 548 g/mol. The standard InChI is InChI=1S/C23H21Cl2F3N2O4S/c1-21(2,3)34-20(33)30-19(35)29(14-9-10-16(25)15(11-14)23(26,27)28)18(32)22(30,4)17(31)12-5-7-13(24)8-6-12/h5-11,17,31H,1-4H3/t17-,22+/m0/s1. The number of anilines is 1. The minimum atomic E-state index is -4.81. The second-order valence-electron chi connectivity index (χ2n) is 9.00. The van der Waals surface area contributed by atoms with Crippen molar-refractivity contribution in [1.82, 2.24) is 4.90 Å². The van der Waals surface area contributed by atoms with Gasteiger partial charge in [0.05, 0.1) is 16.3 Å². The number of aliphatic hydroxyl groups excluding tert-OH is 1. The summed E-state index contributed by atoms with van der Waals surface area (Å²) in [7, 11) is 0. The smallest absolute Gasteiger partial charge is 0.417 e. The van der Waals surface area contributed by atoms with E-state index in [1.807, 2.05) is 0 Å². The van der Waals surface area contributed by atoms with Crippen LogP contribution in [0.1, 0.15) is 44.9 Å². The molecule has 1 fully saturated rings. The van der Waals surface area contributed by atoms with Gasteiger partial charge in [-0.3, -0.25) is 9.69 Å². The molecule has 1 saturated heterocycles. The number of carbonyl (C=O) groups excluding carboxylic acids is 2. The molecule has 35 heavy (non-hydrogen) atoms. The van der Waals surface area contributed by atoms with Crippen molar-refractivity contribution in [1.29, 1.82) is 0 Å². The van der Waals surface area contributed by atoms with Crippen LogP contribution in [0.4, 0.5) is 23.7 Å². The highest BCUT2D eigenvalue weighted by atomic mass is 35.5. The Bertz CT molecular complexity index is 1180. The minimum absolute atomic E-state index is 0.218. The van der Waals surface area contributed by atoms with E-state index in [9.17, 15) is 27.9 Å². The van der Waals surface area contributed by atoms with E-state index in [0.717, 1.165) is 21.9 Å². The number of aliphatic hydroxyl groups is 1. The summed E-state index contributed by atoms with van der Waals surface area (Å²) in [5, 5.41) is 10.6. The Morgan fingerprint density at radius 3 is 2.20 bits per heavy atom. The molecule has 188 valence electrons. The lowest BCUT2D eigenvalue weighted by molar-refractivity contribution is -0.137. The van der Waals surface area contributed by atoms with E-state index in [-0.39, 0.29) is 11.3 Å². The number of rotatable bonds is 3. The molecule has 1 N–H and O–H groups in total. The van der Waals surface area contributed by atoms with Crippen LogP contribution in [0.3, 0.4) is 0 Å². The number of amides is 2. The fraction of sp³-hybridized carbons (Fsp3) is 0.348. The van der Waals surface area contributed by atoms with Gasteiger partial charge in [0.25, 0.3) is 5.91 Å². The van der Waals surface area contributed by atoms with Gasteiger partial charge in [0.2, 0.25) is 0 Å². The van der Waals surface area contributed by atoms with Crippen LogP contribution in [0.15, 0.2) is 42.5 Å². The van der Waals surface area contributed by atoms with E-state index in [2.05, 4.69) is 0 Å². The highest BCUT2D eigenvalue weighted by Gasteiger charge is 2.61. The Morgan fingerprint density at radius 2 is 1.69 bits per heavy atom. The predicted octanol–water partition coefficient (Wildman–Crippen LogP) is 6.37. The van der Waals surface area contributed by atoms with E-state index in [1.54, 1.807) is 20.8 Å². The zero-order valence-corrected chi connectivity index (χ0v) is 21.3. The molecule has 2 atom stereocenters. The fourth-order valence-corrected chi connectivity index (χ4v) is 4.39. The molecule has 0 saturated carbocycles. The molecule has 0 spiro atoms. The zero-order chi connectivity index (χ0) is 26.5. The molecule has 1 aliphatic rings. The van der Waals surface area contributed by atoms with Crippen molar-refractivity contribution in [3.63, 3.8) is 0 Å². The number of hydrogen-bond acceptors (Lipinski definition) is 5. The lowest BCUT2D eigenvalue weighted by Gasteiger charge is -2.36. The zero-order valence-electron chi connectivity index (χ0n) is 19.0. The molecule has 12 heteroatoms. The van der Waals surface area contributed by atoms with Crippen molar-refractivity contribution in [3.05, 3.63) is 63.6 Å². The van der Waals surface area contributed by atoms with Crippen molar-refractivity contribution >= 4 is 58.2 Å². The van der Waals surface area contributed by atoms with Gasteiger partial charge in [0.1, 0.15) is 11.7 Å². The molecular formula is C23H21Cl2F3N2O4S. The number of thiocarbonyl (C=S) groups is 1. The lowest BCUT2D eigenvalue weighted by Crippen LogP contribution is -2.55. The molecule has 0 aromatic heterocycles. The second-order valence-corrected chi connectivity index (χ2v) is 10.2. The van der Waals surface area contributed by atoms with Gasteiger partial charge in [-0.2, -0.15) is 13.2 Å². The molecule has 6 nitrogen and oxygen atoms in total. The Labute approximate surface area is 215 Å². The SMILES string of the molecule is CC(C)(C)OC(=O)N1C(=S)N(c2ccc(Cl)c(C(F)(F)F)c2)C(=O)[C@@]1(C)[C@@H](O)c1ccc(Cl)cc1. The van der Waals surface area contributed by atoms with Crippen LogP contribution < -0.4 is 4.90 Å². The maximum Gasteiger partial charge on any atom is 0.417 e. The van der Waals surface area contributed by atoms with Crippen molar-refractivity contribution in [2.24, 2.45) is 0 Å². The van der Waals surface area contributed by atoms with Crippen LogP contribution in [0, 0.1) is 0 Å². The number of ether oxygens (including phenoxy) is 1. The molecule has 1 aliphatic heterocycles. The van der Waals surface area contributed by atoms with Gasteiger partial charge >= 0.3 is 12.3 Å². The third-order valence-electron chi connectivity index (χ3n) is 5.29. The first-order valence-electron chi connectivity index (χ1n) is 10.2. The molecule has 0 radical (unpaired) electrons. The van der Waals surface area contributed by atoms with E-state index >= 15 is 0 Å². The van der Waals surface area contributed by atoms with E-state index in [1.165, 1.54) is 31.2 Å². The molecule has 0 unspecified atom stereocenters. The van der Waals surface area contributed by atoms with E-state index in [4.69, 9.17) is 40.2 Å². The highest BCUT2D eigenvalue weighted by molar-refractivity contribution is 7.80. The Kier molecular flexibility index (Phi) is 7.18. The molecule has 2 amide bonds. The van der Waals surface area contributed by atoms with Gasteiger partial charge in [-0.25, -0.2) is 9.69 Å². The Balaban J connectivity index is 2.18. The Morgan fingerprint density at radius 1 is 1.11 bits per heavy atom. The number of carbonyl (C=O) groups is 2. The van der Waals surface area contributed by atoms with Crippen LogP contribution in [-0.2, 0) is 15.7 Å². The predicted molar refractivity (Wildman–Crippen MR) is 129 cm³/mol. The summed E-state index contributed by atoms with van der Waals surface area (Å²) in [6.45, 7) is 6.02. The van der Waals surface area contributed by atoms with Crippen LogP contribution in [0.5, 0.6) is 0 Å². The first-order valence-corrected chi connectivity index (χ1v) is 11.4. The Hall–Kier alpha value is -2.40. The summed E-state index contributed by atoms with van der Waals surface area (Å²) in [5.41, 5.74) is -4.32. The minimum Gasteiger partial charge on any atom is -0.443 e. The quantitative estimate of drug-likeness (QED) is 0.451. The third kappa shape index (κ3) is 5.11. The fourth-order valence-electron chi connectivity index (χ4n) is 3.59. The third-order valence-corrected chi connectivity index (χ3v) is 6.24. The topological polar surface area (TPSA) is 70.1 Å². The second kappa shape index (κ2) is 9.24. The van der Waals surface area contributed by atoms with Crippen LogP contribution >= 0.6 is 35.4 Å². The maximum absolute atomic E-state index is 13.7. The van der Waals surface area contributed by atoms with Crippen LogP contribution in [0.25, 0.3) is 0 Å². The number of hydrogen-bond donors (Lipinski definition) is 1.